The molecule has 1 heterocycles. The lowest BCUT2D eigenvalue weighted by atomic mass is 10.1. The van der Waals surface area contributed by atoms with Crippen LogP contribution in [0.1, 0.15) is 5.56 Å². The van der Waals surface area contributed by atoms with E-state index in [0.717, 1.165) is 31.7 Å². The molecular formula is C22H13BrClN3O2S. The Morgan fingerprint density at radius 1 is 0.967 bits per heavy atom. The zero-order valence-corrected chi connectivity index (χ0v) is 18.5. The van der Waals surface area contributed by atoms with Crippen LogP contribution in [0.4, 0.5) is 10.8 Å². The molecule has 30 heavy (non-hydrogen) atoms. The summed E-state index contributed by atoms with van der Waals surface area (Å²) < 4.78 is 0.999. The fourth-order valence-electron chi connectivity index (χ4n) is 2.78. The monoisotopic (exact) mass is 497 g/mol. The number of aromatic nitrogens is 1. The van der Waals surface area contributed by atoms with Crippen molar-refractivity contribution in [1.29, 1.82) is 0 Å². The highest BCUT2D eigenvalue weighted by atomic mass is 79.9. The number of hydrogen-bond acceptors (Lipinski definition) is 5. The fourth-order valence-corrected chi connectivity index (χ4v) is 4.11. The number of halogens is 2. The molecule has 5 nitrogen and oxygen atoms in total. The van der Waals surface area contributed by atoms with Gasteiger partial charge in [-0.05, 0) is 47.5 Å². The summed E-state index contributed by atoms with van der Waals surface area (Å²) in [6.45, 7) is 0. The van der Waals surface area contributed by atoms with E-state index < -0.39 is 4.92 Å². The second-order valence-corrected chi connectivity index (χ2v) is 8.62. The third-order valence-electron chi connectivity index (χ3n) is 4.27. The molecule has 4 aromatic rings. The minimum Gasteiger partial charge on any atom is -0.258 e. The number of hydrogen-bond donors (Lipinski definition) is 0. The Labute approximate surface area is 190 Å². The zero-order valence-electron chi connectivity index (χ0n) is 15.3. The van der Waals surface area contributed by atoms with E-state index in [4.69, 9.17) is 16.6 Å². The van der Waals surface area contributed by atoms with Crippen molar-refractivity contribution in [3.8, 4) is 21.7 Å². The number of nitro groups is 1. The normalized spacial score (nSPS) is 11.1. The van der Waals surface area contributed by atoms with E-state index >= 15 is 0 Å². The van der Waals surface area contributed by atoms with Gasteiger partial charge in [-0.1, -0.05) is 63.1 Å². The Balaban J connectivity index is 1.75. The smallest absolute Gasteiger partial charge is 0.258 e. The third kappa shape index (κ3) is 4.64. The second-order valence-electron chi connectivity index (χ2n) is 6.29. The van der Waals surface area contributed by atoms with E-state index in [0.29, 0.717) is 10.2 Å². The summed E-state index contributed by atoms with van der Waals surface area (Å²) in [5.41, 5.74) is 3.50. The standard InChI is InChI=1S/C22H13BrClN3O2S/c23-17-7-1-14(2-8-17)13-25-22-26-20(15-3-9-18(24)10-4-15)21(30-22)16-5-11-19(12-6-16)27(28)29/h1-13H. The van der Waals surface area contributed by atoms with Crippen LogP contribution in [-0.2, 0) is 0 Å². The Morgan fingerprint density at radius 3 is 2.23 bits per heavy atom. The number of benzene rings is 3. The Morgan fingerprint density at radius 2 is 1.60 bits per heavy atom. The van der Waals surface area contributed by atoms with Gasteiger partial charge >= 0.3 is 0 Å². The molecule has 0 spiro atoms. The Kier molecular flexibility index (Phi) is 6.03. The van der Waals surface area contributed by atoms with E-state index in [-0.39, 0.29) is 5.69 Å². The van der Waals surface area contributed by atoms with Crippen molar-refractivity contribution in [2.24, 2.45) is 4.99 Å². The summed E-state index contributed by atoms with van der Waals surface area (Å²) >= 11 is 10.9. The van der Waals surface area contributed by atoms with Crippen molar-refractivity contribution in [2.45, 2.75) is 0 Å². The lowest BCUT2D eigenvalue weighted by Gasteiger charge is -2.03. The molecule has 1 aromatic heterocycles. The molecule has 0 saturated carbocycles. The van der Waals surface area contributed by atoms with Crippen LogP contribution in [0.2, 0.25) is 5.02 Å². The highest BCUT2D eigenvalue weighted by molar-refractivity contribution is 9.10. The molecule has 0 N–H and O–H groups in total. The van der Waals surface area contributed by atoms with Crippen LogP contribution in [0.3, 0.4) is 0 Å². The van der Waals surface area contributed by atoms with Crippen LogP contribution in [0.25, 0.3) is 21.7 Å². The van der Waals surface area contributed by atoms with Crippen LogP contribution in [0, 0.1) is 10.1 Å². The van der Waals surface area contributed by atoms with Gasteiger partial charge in [0.05, 0.1) is 15.5 Å². The fraction of sp³-hybridized carbons (Fsp3) is 0. The minimum absolute atomic E-state index is 0.0461. The number of rotatable bonds is 5. The molecule has 148 valence electrons. The van der Waals surface area contributed by atoms with Crippen molar-refractivity contribution < 1.29 is 4.92 Å². The topological polar surface area (TPSA) is 68.4 Å². The van der Waals surface area contributed by atoms with Gasteiger partial charge in [0, 0.05) is 33.4 Å². The molecule has 0 radical (unpaired) electrons. The van der Waals surface area contributed by atoms with Crippen LogP contribution >= 0.6 is 38.9 Å². The average molecular weight is 499 g/mol. The molecule has 0 aliphatic heterocycles. The average Bonchev–Trinajstić information content (AvgIpc) is 3.18. The van der Waals surface area contributed by atoms with Gasteiger partial charge in [-0.25, -0.2) is 9.98 Å². The van der Waals surface area contributed by atoms with E-state index in [1.165, 1.54) is 23.5 Å². The maximum Gasteiger partial charge on any atom is 0.269 e. The Hall–Kier alpha value is -2.87. The van der Waals surface area contributed by atoms with E-state index in [9.17, 15) is 10.1 Å². The van der Waals surface area contributed by atoms with Gasteiger partial charge in [0.2, 0.25) is 5.13 Å². The van der Waals surface area contributed by atoms with Crippen molar-refractivity contribution in [2.75, 3.05) is 0 Å². The summed E-state index contributed by atoms with van der Waals surface area (Å²) in [5.74, 6) is 0. The molecule has 0 fully saturated rings. The molecule has 8 heteroatoms. The molecule has 0 aliphatic rings. The summed E-state index contributed by atoms with van der Waals surface area (Å²) in [7, 11) is 0. The minimum atomic E-state index is -0.412. The van der Waals surface area contributed by atoms with Crippen molar-refractivity contribution in [1.82, 2.24) is 4.98 Å². The molecule has 0 bridgehead atoms. The first kappa shape index (κ1) is 20.4. The van der Waals surface area contributed by atoms with E-state index in [1.807, 2.05) is 36.4 Å². The lowest BCUT2D eigenvalue weighted by molar-refractivity contribution is -0.384. The van der Waals surface area contributed by atoms with Crippen molar-refractivity contribution >= 4 is 55.9 Å². The molecule has 0 unspecified atom stereocenters. The van der Waals surface area contributed by atoms with Crippen LogP contribution in [0.15, 0.2) is 82.3 Å². The highest BCUT2D eigenvalue weighted by Crippen LogP contribution is 2.40. The zero-order chi connectivity index (χ0) is 21.1. The van der Waals surface area contributed by atoms with Crippen LogP contribution < -0.4 is 0 Å². The molecular weight excluding hydrogens is 486 g/mol. The quantitative estimate of drug-likeness (QED) is 0.162. The van der Waals surface area contributed by atoms with E-state index in [2.05, 4.69) is 20.9 Å². The number of nitro benzene ring substituents is 1. The van der Waals surface area contributed by atoms with Crippen LogP contribution in [0.5, 0.6) is 0 Å². The molecule has 0 atom stereocenters. The number of nitrogens with zero attached hydrogens (tertiary/aromatic N) is 3. The van der Waals surface area contributed by atoms with Gasteiger partial charge in [0.15, 0.2) is 0 Å². The largest absolute Gasteiger partial charge is 0.269 e. The van der Waals surface area contributed by atoms with E-state index in [1.54, 1.807) is 30.5 Å². The molecule has 0 aliphatic carbocycles. The number of non-ortho nitro benzene ring substituents is 1. The maximum absolute atomic E-state index is 11.0. The Bertz CT molecular complexity index is 1220. The summed E-state index contributed by atoms with van der Waals surface area (Å²) in [5, 5.41) is 12.2. The third-order valence-corrected chi connectivity index (χ3v) is 6.06. The first-order valence-corrected chi connectivity index (χ1v) is 10.8. The number of thiazole rings is 1. The molecule has 4 rings (SSSR count). The second kappa shape index (κ2) is 8.87. The van der Waals surface area contributed by atoms with Gasteiger partial charge in [-0.2, -0.15) is 0 Å². The van der Waals surface area contributed by atoms with Crippen molar-refractivity contribution in [3.63, 3.8) is 0 Å². The highest BCUT2D eigenvalue weighted by Gasteiger charge is 2.16. The van der Waals surface area contributed by atoms with Gasteiger partial charge < -0.3 is 0 Å². The molecule has 0 saturated heterocycles. The van der Waals surface area contributed by atoms with Gasteiger partial charge in [0.1, 0.15) is 0 Å². The SMILES string of the molecule is O=[N+]([O-])c1ccc(-c2sc(N=Cc3ccc(Br)cc3)nc2-c2ccc(Cl)cc2)cc1. The first-order valence-electron chi connectivity index (χ1n) is 8.81. The van der Waals surface area contributed by atoms with Crippen molar-refractivity contribution in [3.05, 3.63) is 98.0 Å². The molecule has 3 aromatic carbocycles. The first-order chi connectivity index (χ1) is 14.5. The molecule has 0 amide bonds. The lowest BCUT2D eigenvalue weighted by Crippen LogP contribution is -1.87. The predicted octanol–water partition coefficient (Wildman–Crippen LogP) is 7.55. The van der Waals surface area contributed by atoms with Gasteiger partial charge in [0.25, 0.3) is 5.69 Å². The summed E-state index contributed by atoms with van der Waals surface area (Å²) in [6.07, 6.45) is 1.76. The van der Waals surface area contributed by atoms with Gasteiger partial charge in [-0.15, -0.1) is 0 Å². The van der Waals surface area contributed by atoms with Crippen LogP contribution in [-0.4, -0.2) is 16.1 Å². The maximum atomic E-state index is 11.0. The summed E-state index contributed by atoms with van der Waals surface area (Å²) in [4.78, 5) is 20.7. The van der Waals surface area contributed by atoms with Gasteiger partial charge in [-0.3, -0.25) is 10.1 Å². The predicted molar refractivity (Wildman–Crippen MR) is 126 cm³/mol. The number of aliphatic imine (C=N–C) groups is 1. The summed E-state index contributed by atoms with van der Waals surface area (Å²) in [6, 6.07) is 21.7.